The van der Waals surface area contributed by atoms with E-state index in [4.69, 9.17) is 24.8 Å². The number of amides is 6. The normalized spacial score (nSPS) is 21.1. The van der Waals surface area contributed by atoms with Crippen molar-refractivity contribution in [2.75, 3.05) is 31.6 Å². The zero-order chi connectivity index (χ0) is 47.2. The highest BCUT2D eigenvalue weighted by Gasteiger charge is 2.46. The van der Waals surface area contributed by atoms with Crippen LogP contribution in [0.2, 0.25) is 0 Å². The summed E-state index contributed by atoms with van der Waals surface area (Å²) < 4.78 is 17.7. The summed E-state index contributed by atoms with van der Waals surface area (Å²) >= 11 is 0. The molecule has 4 atom stereocenters. The minimum Gasteiger partial charge on any atom is -0.488 e. The number of nitrogens with two attached hydrogens (primary N) is 1. The summed E-state index contributed by atoms with van der Waals surface area (Å²) in [6, 6.07) is 13.4. The van der Waals surface area contributed by atoms with Crippen molar-refractivity contribution in [3.8, 4) is 11.5 Å². The van der Waals surface area contributed by atoms with Gasteiger partial charge in [-0.25, -0.2) is 9.97 Å². The molecule has 1 aliphatic carbocycles. The van der Waals surface area contributed by atoms with Crippen LogP contribution in [0, 0.1) is 0 Å². The van der Waals surface area contributed by atoms with Gasteiger partial charge in [0.25, 0.3) is 17.7 Å². The number of aromatic nitrogens is 2. The van der Waals surface area contributed by atoms with Crippen molar-refractivity contribution in [1.82, 2.24) is 36.1 Å². The smallest absolute Gasteiger partial charge is 0.488 e. The Balaban J connectivity index is 0.723. The number of rotatable bonds is 19. The van der Waals surface area contributed by atoms with Crippen LogP contribution in [0.5, 0.6) is 11.5 Å². The van der Waals surface area contributed by atoms with Gasteiger partial charge in [0.05, 0.1) is 35.5 Å². The summed E-state index contributed by atoms with van der Waals surface area (Å²) in [5, 5.41) is 45.8. The maximum absolute atomic E-state index is 13.2. The zero-order valence-electron chi connectivity index (χ0n) is 36.4. The molecule has 67 heavy (non-hydrogen) atoms. The lowest BCUT2D eigenvalue weighted by atomic mass is 9.79. The lowest BCUT2D eigenvalue weighted by Gasteiger charge is -2.27. The van der Waals surface area contributed by atoms with E-state index in [1.165, 1.54) is 18.2 Å². The monoisotopic (exact) mass is 921 g/mol. The number of hydrogen-bond acceptors (Lipinski definition) is 17. The Labute approximate surface area is 384 Å². The quantitative estimate of drug-likeness (QED) is 0.0257. The third-order valence-corrected chi connectivity index (χ3v) is 12.2. The Morgan fingerprint density at radius 3 is 2.55 bits per heavy atom. The topological polar surface area (TPSA) is 306 Å². The second-order valence-electron chi connectivity index (χ2n) is 16.9. The van der Waals surface area contributed by atoms with E-state index in [2.05, 4.69) is 31.6 Å². The van der Waals surface area contributed by atoms with Crippen molar-refractivity contribution in [2.45, 2.75) is 94.4 Å². The summed E-state index contributed by atoms with van der Waals surface area (Å²) in [7, 11) is -1.21. The third-order valence-electron chi connectivity index (χ3n) is 12.2. The van der Waals surface area contributed by atoms with E-state index >= 15 is 0 Å². The highest BCUT2D eigenvalue weighted by atomic mass is 16.5. The molecule has 1 aromatic heterocycles. The fourth-order valence-corrected chi connectivity index (χ4v) is 8.55. The maximum Gasteiger partial charge on any atom is 0.492 e. The number of ether oxygens (including phenoxy) is 2. The molecule has 4 aromatic rings. The molecule has 4 heterocycles. The van der Waals surface area contributed by atoms with Gasteiger partial charge in [0, 0.05) is 43.3 Å². The number of piperidine rings is 1. The highest BCUT2D eigenvalue weighted by Crippen LogP contribution is 2.34. The number of nitrogens with one attached hydrogen (secondary N) is 5. The number of para-hydroxylation sites is 1. The molecule has 21 nitrogen and oxygen atoms in total. The SMILES string of the molecule is N[C@@H](CCC(O)NCC1OB(O)c2cc(Nc3ncc4cccc(O[C@H]5CC[C@@H](O)CC5)c4n3)ccc21)C(=O)NCCCNC(=O)COc1cccc2c1C(=O)N(C1CCC(=O)NC1=O)C2=O. The van der Waals surface area contributed by atoms with Gasteiger partial charge in [-0.2, -0.15) is 0 Å². The van der Waals surface area contributed by atoms with Gasteiger partial charge in [0.2, 0.25) is 23.7 Å². The Morgan fingerprint density at radius 2 is 1.75 bits per heavy atom. The second kappa shape index (κ2) is 21.0. The van der Waals surface area contributed by atoms with Crippen molar-refractivity contribution in [3.63, 3.8) is 0 Å². The Morgan fingerprint density at radius 1 is 0.970 bits per heavy atom. The number of fused-ring (bicyclic) bond motifs is 3. The summed E-state index contributed by atoms with van der Waals surface area (Å²) in [6.45, 7) is 0.0690. The second-order valence-corrected chi connectivity index (χ2v) is 16.9. The molecule has 4 aliphatic rings. The van der Waals surface area contributed by atoms with E-state index in [9.17, 15) is 44.0 Å². The van der Waals surface area contributed by atoms with Crippen LogP contribution in [0.1, 0.15) is 90.2 Å². The first kappa shape index (κ1) is 47.0. The average molecular weight is 922 g/mol. The van der Waals surface area contributed by atoms with E-state index in [-0.39, 0.29) is 74.4 Å². The fraction of sp³-hybridized carbons (Fsp3) is 0.422. The molecule has 0 radical (unpaired) electrons. The standard InChI is InChI=1S/C45H52BN9O12/c47-31(41(60)49-19-3-18-48-38(59)23-65-33-6-2-5-29-39(33)44(63)55(43(29)62)32-15-17-37(58)53-42(32)61)14-16-36(57)50-22-35-28-13-8-25(20-30(28)46(64)67-35)52-45-51-21-24-4-1-7-34(40(24)54-45)66-27-11-9-26(56)10-12-27/h1-2,4-8,13,20-21,26-27,31-32,35-36,50,56-57,64H,3,9-12,14-19,22-23,47H2,(H,48,59)(H,49,60)(H,51,52,54)(H,53,58,61)/t26-,27+,31-,32?,35?,36?/m0/s1. The molecule has 2 fully saturated rings. The first-order valence-electron chi connectivity index (χ1n) is 22.4. The van der Waals surface area contributed by atoms with E-state index in [0.717, 1.165) is 28.7 Å². The zero-order valence-corrected chi connectivity index (χ0v) is 36.4. The number of carbonyl (C=O) groups is 6. The number of hydrogen-bond donors (Lipinski definition) is 9. The molecular formula is C45H52BN9O12. The molecule has 8 rings (SSSR count). The maximum atomic E-state index is 13.2. The summed E-state index contributed by atoms with van der Waals surface area (Å²) in [6.07, 6.45) is 3.42. The van der Waals surface area contributed by atoms with E-state index in [1.807, 2.05) is 30.3 Å². The van der Waals surface area contributed by atoms with Crippen LogP contribution in [-0.4, -0.2) is 129 Å². The minimum absolute atomic E-state index is 0.00198. The molecular weight excluding hydrogens is 869 g/mol. The molecule has 3 unspecified atom stereocenters. The van der Waals surface area contributed by atoms with Gasteiger partial charge in [-0.05, 0) is 92.7 Å². The van der Waals surface area contributed by atoms with Crippen LogP contribution < -0.4 is 47.3 Å². The molecule has 3 aromatic carbocycles. The van der Waals surface area contributed by atoms with Gasteiger partial charge in [0.1, 0.15) is 29.3 Å². The van der Waals surface area contributed by atoms with Gasteiger partial charge >= 0.3 is 7.12 Å². The van der Waals surface area contributed by atoms with Crippen LogP contribution in [0.15, 0.2) is 60.8 Å². The van der Waals surface area contributed by atoms with Crippen LogP contribution in [0.25, 0.3) is 10.9 Å². The van der Waals surface area contributed by atoms with Gasteiger partial charge < -0.3 is 51.0 Å². The van der Waals surface area contributed by atoms with Crippen LogP contribution in [0.4, 0.5) is 11.6 Å². The summed E-state index contributed by atoms with van der Waals surface area (Å²) in [5.74, 6) is -2.64. The molecule has 0 bridgehead atoms. The molecule has 3 aliphatic heterocycles. The summed E-state index contributed by atoms with van der Waals surface area (Å²) in [5.41, 5.74) is 8.61. The molecule has 1 saturated carbocycles. The predicted molar refractivity (Wildman–Crippen MR) is 240 cm³/mol. The van der Waals surface area contributed by atoms with Crippen molar-refractivity contribution in [1.29, 1.82) is 0 Å². The van der Waals surface area contributed by atoms with Crippen molar-refractivity contribution >= 4 is 70.6 Å². The largest absolute Gasteiger partial charge is 0.492 e. The van der Waals surface area contributed by atoms with Gasteiger partial charge in [-0.1, -0.05) is 24.3 Å². The van der Waals surface area contributed by atoms with Gasteiger partial charge in [-0.3, -0.25) is 44.3 Å². The number of benzene rings is 3. The summed E-state index contributed by atoms with van der Waals surface area (Å²) in [4.78, 5) is 85.4. The van der Waals surface area contributed by atoms with Crippen molar-refractivity contribution in [2.24, 2.45) is 5.73 Å². The van der Waals surface area contributed by atoms with E-state index < -0.39 is 73.6 Å². The molecule has 10 N–H and O–H groups in total. The van der Waals surface area contributed by atoms with Gasteiger partial charge in [-0.15, -0.1) is 0 Å². The number of nitrogens with zero attached hydrogens (tertiary/aromatic N) is 3. The van der Waals surface area contributed by atoms with Gasteiger partial charge in [0.15, 0.2) is 6.61 Å². The molecule has 6 amide bonds. The molecule has 0 spiro atoms. The Bertz CT molecular complexity index is 2540. The first-order chi connectivity index (χ1) is 32.3. The Hall–Kier alpha value is -6.56. The van der Waals surface area contributed by atoms with Crippen molar-refractivity contribution in [3.05, 3.63) is 77.5 Å². The average Bonchev–Trinajstić information content (AvgIpc) is 3.77. The van der Waals surface area contributed by atoms with Crippen LogP contribution in [-0.2, 0) is 23.8 Å². The fourth-order valence-electron chi connectivity index (χ4n) is 8.55. The third kappa shape index (κ3) is 11.0. The molecule has 352 valence electrons. The molecule has 22 heteroatoms. The number of aliphatic hydroxyl groups is 2. The molecule has 1 saturated heterocycles. The highest BCUT2D eigenvalue weighted by molar-refractivity contribution is 6.62. The van der Waals surface area contributed by atoms with Crippen molar-refractivity contribution < 1.29 is 58.1 Å². The number of imide groups is 2. The number of anilines is 2. The predicted octanol–water partition coefficient (Wildman–Crippen LogP) is -0.0673. The van der Waals surface area contributed by atoms with Crippen LogP contribution >= 0.6 is 0 Å². The minimum atomic E-state index is -1.21. The lowest BCUT2D eigenvalue weighted by Crippen LogP contribution is -2.54. The first-order valence-corrected chi connectivity index (χ1v) is 22.4. The Kier molecular flexibility index (Phi) is 14.7. The number of carbonyl (C=O) groups excluding carboxylic acids is 6. The van der Waals surface area contributed by atoms with E-state index in [1.54, 1.807) is 12.3 Å². The lowest BCUT2D eigenvalue weighted by molar-refractivity contribution is -0.136. The van der Waals surface area contributed by atoms with E-state index in [0.29, 0.717) is 47.6 Å². The van der Waals surface area contributed by atoms with Crippen LogP contribution in [0.3, 0.4) is 0 Å². The number of aliphatic hydroxyl groups excluding tert-OH is 2.